The summed E-state index contributed by atoms with van der Waals surface area (Å²) in [5.41, 5.74) is 2.42. The number of nitrogens with zero attached hydrogens (tertiary/aromatic N) is 1. The Hall–Kier alpha value is -2.16. The molecule has 15 heavy (non-hydrogen) atoms. The second-order valence-corrected chi connectivity index (χ2v) is 3.41. The highest BCUT2D eigenvalue weighted by Gasteiger charge is 2.02. The average Bonchev–Trinajstić information content (AvgIpc) is 2.47. The number of rotatable bonds is 0. The normalized spacial score (nSPS) is 10.9. The van der Waals surface area contributed by atoms with Gasteiger partial charge in [-0.2, -0.15) is 0 Å². The lowest BCUT2D eigenvalue weighted by molar-refractivity contribution is 1.34. The number of benzene rings is 1. The number of aromatic amines is 1. The lowest BCUT2D eigenvalue weighted by atomic mass is 10.2. The summed E-state index contributed by atoms with van der Waals surface area (Å²) >= 11 is 0. The molecule has 0 fully saturated rings. The Morgan fingerprint density at radius 2 is 1.73 bits per heavy atom. The number of fused-ring (bicyclic) bond motifs is 3. The molecule has 0 saturated heterocycles. The molecule has 0 saturated carbocycles. The topological polar surface area (TPSA) is 45.8 Å². The molecule has 3 aromatic rings. The Bertz CT molecular complexity index is 700. The molecule has 72 valence electrons. The number of aromatic nitrogens is 2. The van der Waals surface area contributed by atoms with Crippen molar-refractivity contribution in [1.82, 2.24) is 9.97 Å². The van der Waals surface area contributed by atoms with E-state index in [0.29, 0.717) is 0 Å². The first-order valence-electron chi connectivity index (χ1n) is 4.72. The number of para-hydroxylation sites is 1. The summed E-state index contributed by atoms with van der Waals surface area (Å²) in [4.78, 5) is 18.6. The Balaban J connectivity index is 2.65. The third kappa shape index (κ3) is 1.21. The molecular weight excluding hydrogens is 188 g/mol. The Morgan fingerprint density at radius 3 is 2.67 bits per heavy atom. The molecule has 2 heterocycles. The molecule has 0 radical (unpaired) electrons. The van der Waals surface area contributed by atoms with Crippen LogP contribution in [-0.4, -0.2) is 9.97 Å². The van der Waals surface area contributed by atoms with Crippen molar-refractivity contribution in [3.8, 4) is 0 Å². The number of hydrogen-bond donors (Lipinski definition) is 1. The van der Waals surface area contributed by atoms with Crippen LogP contribution in [0.1, 0.15) is 0 Å². The zero-order valence-electron chi connectivity index (χ0n) is 7.90. The van der Waals surface area contributed by atoms with Gasteiger partial charge in [0.15, 0.2) is 0 Å². The molecule has 3 rings (SSSR count). The summed E-state index contributed by atoms with van der Waals surface area (Å²) in [6.07, 6.45) is 0. The predicted molar refractivity (Wildman–Crippen MR) is 59.9 cm³/mol. The molecule has 0 aliphatic rings. The van der Waals surface area contributed by atoms with Gasteiger partial charge in [-0.1, -0.05) is 24.3 Å². The van der Waals surface area contributed by atoms with Crippen molar-refractivity contribution < 1.29 is 0 Å². The molecule has 0 unspecified atom stereocenters. The standard InChI is InChI=1S/C12H8N2O/c15-11-7-3-6-10-12(14-11)8-4-1-2-5-9(8)13-10/h1-7,13H. The zero-order valence-corrected chi connectivity index (χ0v) is 7.90. The molecule has 2 aromatic heterocycles. The zero-order chi connectivity index (χ0) is 10.3. The Kier molecular flexibility index (Phi) is 1.59. The SMILES string of the molecule is O=c1cccc2[nH]c3ccccc3c2n1. The van der Waals surface area contributed by atoms with Gasteiger partial charge in [0.05, 0.1) is 11.0 Å². The smallest absolute Gasteiger partial charge is 0.270 e. The highest BCUT2D eigenvalue weighted by atomic mass is 16.1. The monoisotopic (exact) mass is 196 g/mol. The molecular formula is C12H8N2O. The van der Waals surface area contributed by atoms with E-state index in [1.165, 1.54) is 6.07 Å². The van der Waals surface area contributed by atoms with E-state index in [4.69, 9.17) is 0 Å². The molecule has 0 atom stereocenters. The third-order valence-corrected chi connectivity index (χ3v) is 2.43. The van der Waals surface area contributed by atoms with Crippen LogP contribution in [-0.2, 0) is 0 Å². The molecule has 3 nitrogen and oxygen atoms in total. The van der Waals surface area contributed by atoms with Crippen LogP contribution in [0.25, 0.3) is 21.9 Å². The fraction of sp³-hybridized carbons (Fsp3) is 0. The lowest BCUT2D eigenvalue weighted by Gasteiger charge is -1.85. The van der Waals surface area contributed by atoms with Crippen molar-refractivity contribution in [3.05, 3.63) is 52.8 Å². The van der Waals surface area contributed by atoms with E-state index < -0.39 is 0 Å². The first kappa shape index (κ1) is 8.17. The molecule has 1 N–H and O–H groups in total. The molecule has 0 aliphatic carbocycles. The van der Waals surface area contributed by atoms with E-state index in [-0.39, 0.29) is 5.56 Å². The minimum absolute atomic E-state index is 0.213. The van der Waals surface area contributed by atoms with Gasteiger partial charge in [-0.25, -0.2) is 4.98 Å². The average molecular weight is 196 g/mol. The summed E-state index contributed by atoms with van der Waals surface area (Å²) in [5.74, 6) is 0. The van der Waals surface area contributed by atoms with Crippen LogP contribution in [0.3, 0.4) is 0 Å². The van der Waals surface area contributed by atoms with Crippen molar-refractivity contribution in [1.29, 1.82) is 0 Å². The van der Waals surface area contributed by atoms with Crippen molar-refractivity contribution in [2.24, 2.45) is 0 Å². The van der Waals surface area contributed by atoms with Crippen molar-refractivity contribution in [3.63, 3.8) is 0 Å². The van der Waals surface area contributed by atoms with Crippen LogP contribution >= 0.6 is 0 Å². The van der Waals surface area contributed by atoms with Gasteiger partial charge in [-0.05, 0) is 12.1 Å². The number of H-pyrrole nitrogens is 1. The van der Waals surface area contributed by atoms with E-state index >= 15 is 0 Å². The second-order valence-electron chi connectivity index (χ2n) is 3.41. The second kappa shape index (κ2) is 2.92. The van der Waals surface area contributed by atoms with E-state index in [1.54, 1.807) is 6.07 Å². The highest BCUT2D eigenvalue weighted by Crippen LogP contribution is 2.21. The van der Waals surface area contributed by atoms with Gasteiger partial charge in [-0.15, -0.1) is 0 Å². The fourth-order valence-corrected chi connectivity index (χ4v) is 1.76. The van der Waals surface area contributed by atoms with E-state index in [2.05, 4.69) is 9.97 Å². The lowest BCUT2D eigenvalue weighted by Crippen LogP contribution is -1.97. The maximum absolute atomic E-state index is 11.3. The van der Waals surface area contributed by atoms with Crippen molar-refractivity contribution >= 4 is 21.9 Å². The van der Waals surface area contributed by atoms with E-state index in [0.717, 1.165) is 21.9 Å². The minimum Gasteiger partial charge on any atom is -0.353 e. The summed E-state index contributed by atoms with van der Waals surface area (Å²) in [6, 6.07) is 12.9. The van der Waals surface area contributed by atoms with E-state index in [9.17, 15) is 4.79 Å². The first-order valence-corrected chi connectivity index (χ1v) is 4.72. The van der Waals surface area contributed by atoms with Crippen LogP contribution in [0, 0.1) is 0 Å². The molecule has 1 aromatic carbocycles. The predicted octanol–water partition coefficient (Wildman–Crippen LogP) is 2.08. The molecule has 3 heteroatoms. The first-order chi connectivity index (χ1) is 7.34. The van der Waals surface area contributed by atoms with Crippen LogP contribution in [0.5, 0.6) is 0 Å². The van der Waals surface area contributed by atoms with Gasteiger partial charge < -0.3 is 4.98 Å². The molecule has 0 spiro atoms. The van der Waals surface area contributed by atoms with Crippen LogP contribution in [0.15, 0.2) is 47.3 Å². The Labute approximate surface area is 85.4 Å². The van der Waals surface area contributed by atoms with Crippen LogP contribution in [0.4, 0.5) is 0 Å². The maximum Gasteiger partial charge on any atom is 0.270 e. The van der Waals surface area contributed by atoms with Gasteiger partial charge in [0, 0.05) is 17.0 Å². The van der Waals surface area contributed by atoms with Crippen molar-refractivity contribution in [2.75, 3.05) is 0 Å². The number of hydrogen-bond acceptors (Lipinski definition) is 2. The van der Waals surface area contributed by atoms with Gasteiger partial charge in [-0.3, -0.25) is 4.79 Å². The summed E-state index contributed by atoms with van der Waals surface area (Å²) in [7, 11) is 0. The summed E-state index contributed by atoms with van der Waals surface area (Å²) < 4.78 is 0. The van der Waals surface area contributed by atoms with Gasteiger partial charge >= 0.3 is 0 Å². The van der Waals surface area contributed by atoms with E-state index in [1.807, 2.05) is 30.3 Å². The molecule has 0 aliphatic heterocycles. The fourth-order valence-electron chi connectivity index (χ4n) is 1.76. The van der Waals surface area contributed by atoms with Crippen LogP contribution in [0.2, 0.25) is 0 Å². The van der Waals surface area contributed by atoms with Gasteiger partial charge in [0.1, 0.15) is 0 Å². The van der Waals surface area contributed by atoms with Gasteiger partial charge in [0.25, 0.3) is 5.56 Å². The summed E-state index contributed by atoms with van der Waals surface area (Å²) in [5, 5.41) is 0.987. The Morgan fingerprint density at radius 1 is 0.933 bits per heavy atom. The minimum atomic E-state index is -0.213. The maximum atomic E-state index is 11.3. The molecule has 0 bridgehead atoms. The third-order valence-electron chi connectivity index (χ3n) is 2.43. The quantitative estimate of drug-likeness (QED) is 0.598. The van der Waals surface area contributed by atoms with Crippen molar-refractivity contribution in [2.45, 2.75) is 0 Å². The van der Waals surface area contributed by atoms with Gasteiger partial charge in [0.2, 0.25) is 0 Å². The highest BCUT2D eigenvalue weighted by molar-refractivity contribution is 6.04. The summed E-state index contributed by atoms with van der Waals surface area (Å²) in [6.45, 7) is 0. The largest absolute Gasteiger partial charge is 0.353 e. The molecule has 0 amide bonds. The number of nitrogens with one attached hydrogen (secondary N) is 1. The van der Waals surface area contributed by atoms with Crippen LogP contribution < -0.4 is 5.56 Å².